The van der Waals surface area contributed by atoms with Crippen molar-refractivity contribution in [2.45, 2.75) is 58.0 Å². The first kappa shape index (κ1) is 25.5. The molecule has 1 aliphatic rings. The maximum absolute atomic E-state index is 11.3. The number of unbranched alkanes of at least 4 members (excludes halogenated alkanes) is 3. The lowest BCUT2D eigenvalue weighted by molar-refractivity contribution is -0.143. The number of nitrogens with one attached hydrogen (secondary N) is 1. The second kappa shape index (κ2) is 15.3. The summed E-state index contributed by atoms with van der Waals surface area (Å²) in [6.45, 7) is 5.13. The van der Waals surface area contributed by atoms with Crippen LogP contribution in [0.3, 0.4) is 0 Å². The Hall–Kier alpha value is -1.51. The predicted molar refractivity (Wildman–Crippen MR) is 128 cm³/mol. The fourth-order valence-electron chi connectivity index (χ4n) is 3.39. The first-order chi connectivity index (χ1) is 13.7. The Morgan fingerprint density at radius 1 is 1.14 bits per heavy atom. The van der Waals surface area contributed by atoms with E-state index in [0.717, 1.165) is 69.9 Å². The third-order valence-electron chi connectivity index (χ3n) is 4.90. The number of aliphatic imine (C=N–C) groups is 1. The SMILES string of the molecule is CCOC(=O)CCCCCCNC(=NC)N1CCC(Oc2ccccc2)CC1.I. The van der Waals surface area contributed by atoms with Crippen LogP contribution in [-0.4, -0.2) is 56.2 Å². The Kier molecular flexibility index (Phi) is 13.5. The summed E-state index contributed by atoms with van der Waals surface area (Å²) in [6.07, 6.45) is 6.96. The van der Waals surface area contributed by atoms with Crippen molar-refractivity contribution in [2.75, 3.05) is 33.3 Å². The van der Waals surface area contributed by atoms with Gasteiger partial charge in [-0.25, -0.2) is 0 Å². The summed E-state index contributed by atoms with van der Waals surface area (Å²) in [5.74, 6) is 1.84. The number of hydrogen-bond donors (Lipinski definition) is 1. The molecule has 1 heterocycles. The van der Waals surface area contributed by atoms with Gasteiger partial charge in [-0.1, -0.05) is 31.0 Å². The number of hydrogen-bond acceptors (Lipinski definition) is 4. The molecule has 6 nitrogen and oxygen atoms in total. The molecule has 0 spiro atoms. The molecule has 1 N–H and O–H groups in total. The molecule has 0 bridgehead atoms. The number of esters is 1. The van der Waals surface area contributed by atoms with E-state index in [9.17, 15) is 4.79 Å². The summed E-state index contributed by atoms with van der Waals surface area (Å²) in [6, 6.07) is 10.0. The largest absolute Gasteiger partial charge is 0.490 e. The van der Waals surface area contributed by atoms with E-state index >= 15 is 0 Å². The number of carbonyl (C=O) groups excluding carboxylic acids is 1. The van der Waals surface area contributed by atoms with Crippen LogP contribution in [0.5, 0.6) is 5.75 Å². The Balaban J connectivity index is 0.00000420. The van der Waals surface area contributed by atoms with Gasteiger partial charge in [0.25, 0.3) is 0 Å². The fraction of sp³-hybridized carbons (Fsp3) is 0.636. The van der Waals surface area contributed by atoms with E-state index in [1.165, 1.54) is 0 Å². The third kappa shape index (κ3) is 10.2. The predicted octanol–water partition coefficient (Wildman–Crippen LogP) is 4.24. The van der Waals surface area contributed by atoms with Crippen LogP contribution in [0.25, 0.3) is 0 Å². The fourth-order valence-corrected chi connectivity index (χ4v) is 3.39. The number of carbonyl (C=O) groups is 1. The zero-order chi connectivity index (χ0) is 20.0. The molecule has 0 aromatic heterocycles. The molecule has 2 rings (SSSR count). The van der Waals surface area contributed by atoms with E-state index in [2.05, 4.69) is 15.2 Å². The molecule has 0 radical (unpaired) electrons. The van der Waals surface area contributed by atoms with Crippen molar-refractivity contribution in [2.24, 2.45) is 4.99 Å². The summed E-state index contributed by atoms with van der Waals surface area (Å²) < 4.78 is 11.0. The second-order valence-corrected chi connectivity index (χ2v) is 7.06. The lowest BCUT2D eigenvalue weighted by Gasteiger charge is -2.34. The van der Waals surface area contributed by atoms with E-state index < -0.39 is 0 Å². The number of halogens is 1. The molecule has 0 aliphatic carbocycles. The summed E-state index contributed by atoms with van der Waals surface area (Å²) in [5.41, 5.74) is 0. The van der Waals surface area contributed by atoms with Crippen LogP contribution in [0.2, 0.25) is 0 Å². The highest BCUT2D eigenvalue weighted by Crippen LogP contribution is 2.18. The number of rotatable bonds is 10. The van der Waals surface area contributed by atoms with Gasteiger partial charge in [0, 0.05) is 45.9 Å². The zero-order valence-corrected chi connectivity index (χ0v) is 20.1. The number of likely N-dealkylation sites (tertiary alicyclic amines) is 1. The van der Waals surface area contributed by atoms with Gasteiger partial charge in [-0.3, -0.25) is 9.79 Å². The van der Waals surface area contributed by atoms with Crippen molar-refractivity contribution < 1.29 is 14.3 Å². The standard InChI is InChI=1S/C22H35N3O3.HI/c1-3-27-21(26)13-9-4-5-10-16-24-22(23-2)25-17-14-20(15-18-25)28-19-11-7-6-8-12-19;/h6-8,11-12,20H,3-5,9-10,13-18H2,1-2H3,(H,23,24);1H. The first-order valence-corrected chi connectivity index (χ1v) is 10.6. The molecule has 1 aromatic rings. The van der Waals surface area contributed by atoms with Crippen molar-refractivity contribution in [3.05, 3.63) is 30.3 Å². The molecule has 1 aromatic carbocycles. The number of benzene rings is 1. The minimum Gasteiger partial charge on any atom is -0.490 e. The van der Waals surface area contributed by atoms with E-state index in [0.29, 0.717) is 13.0 Å². The lowest BCUT2D eigenvalue weighted by atomic mass is 10.1. The lowest BCUT2D eigenvalue weighted by Crippen LogP contribution is -2.47. The van der Waals surface area contributed by atoms with Crippen LogP contribution >= 0.6 is 24.0 Å². The van der Waals surface area contributed by atoms with Crippen LogP contribution in [0.4, 0.5) is 0 Å². The van der Waals surface area contributed by atoms with Gasteiger partial charge in [-0.05, 0) is 31.9 Å². The van der Waals surface area contributed by atoms with Gasteiger partial charge in [0.2, 0.25) is 0 Å². The minimum atomic E-state index is -0.0827. The van der Waals surface area contributed by atoms with Crippen molar-refractivity contribution in [1.82, 2.24) is 10.2 Å². The third-order valence-corrected chi connectivity index (χ3v) is 4.90. The molecule has 0 amide bonds. The smallest absolute Gasteiger partial charge is 0.305 e. The molecule has 7 heteroatoms. The van der Waals surface area contributed by atoms with E-state index in [4.69, 9.17) is 9.47 Å². The summed E-state index contributed by atoms with van der Waals surface area (Å²) in [5, 5.41) is 3.47. The van der Waals surface area contributed by atoms with E-state index in [-0.39, 0.29) is 36.0 Å². The van der Waals surface area contributed by atoms with Crippen LogP contribution in [0, 0.1) is 0 Å². The molecule has 0 atom stereocenters. The molecular formula is C22H36IN3O3. The average Bonchev–Trinajstić information content (AvgIpc) is 2.72. The molecule has 1 saturated heterocycles. The van der Waals surface area contributed by atoms with Gasteiger partial charge < -0.3 is 19.7 Å². The van der Waals surface area contributed by atoms with Gasteiger partial charge in [0.05, 0.1) is 6.61 Å². The maximum atomic E-state index is 11.3. The van der Waals surface area contributed by atoms with Crippen molar-refractivity contribution in [3.8, 4) is 5.75 Å². The van der Waals surface area contributed by atoms with Crippen molar-refractivity contribution in [3.63, 3.8) is 0 Å². The van der Waals surface area contributed by atoms with Gasteiger partial charge in [-0.15, -0.1) is 24.0 Å². The van der Waals surface area contributed by atoms with Crippen LogP contribution < -0.4 is 10.1 Å². The first-order valence-electron chi connectivity index (χ1n) is 10.6. The van der Waals surface area contributed by atoms with Crippen molar-refractivity contribution in [1.29, 1.82) is 0 Å². The Morgan fingerprint density at radius 2 is 1.83 bits per heavy atom. The van der Waals surface area contributed by atoms with Crippen LogP contribution in [0.1, 0.15) is 51.9 Å². The number of guanidine groups is 1. The number of ether oxygens (including phenoxy) is 2. The molecular weight excluding hydrogens is 481 g/mol. The summed E-state index contributed by atoms with van der Waals surface area (Å²) in [7, 11) is 1.84. The van der Waals surface area contributed by atoms with Gasteiger partial charge in [0.15, 0.2) is 5.96 Å². The highest BCUT2D eigenvalue weighted by Gasteiger charge is 2.22. The Morgan fingerprint density at radius 3 is 2.48 bits per heavy atom. The molecule has 1 aliphatic heterocycles. The molecule has 1 fully saturated rings. The second-order valence-electron chi connectivity index (χ2n) is 7.06. The van der Waals surface area contributed by atoms with Crippen LogP contribution in [0.15, 0.2) is 35.3 Å². The molecule has 0 saturated carbocycles. The van der Waals surface area contributed by atoms with Gasteiger partial charge >= 0.3 is 5.97 Å². The Bertz CT molecular complexity index is 590. The van der Waals surface area contributed by atoms with Gasteiger partial charge in [0.1, 0.15) is 11.9 Å². The molecule has 164 valence electrons. The van der Waals surface area contributed by atoms with Crippen LogP contribution in [-0.2, 0) is 9.53 Å². The summed E-state index contributed by atoms with van der Waals surface area (Å²) >= 11 is 0. The number of para-hydroxylation sites is 1. The van der Waals surface area contributed by atoms with Crippen molar-refractivity contribution >= 4 is 35.9 Å². The highest BCUT2D eigenvalue weighted by molar-refractivity contribution is 14.0. The monoisotopic (exact) mass is 517 g/mol. The van der Waals surface area contributed by atoms with E-state index in [1.807, 2.05) is 44.3 Å². The average molecular weight is 517 g/mol. The normalized spacial score (nSPS) is 14.8. The number of nitrogens with zero attached hydrogens (tertiary/aromatic N) is 2. The quantitative estimate of drug-likeness (QED) is 0.166. The van der Waals surface area contributed by atoms with Gasteiger partial charge in [-0.2, -0.15) is 0 Å². The Labute approximate surface area is 192 Å². The molecule has 0 unspecified atom stereocenters. The maximum Gasteiger partial charge on any atom is 0.305 e. The molecule has 29 heavy (non-hydrogen) atoms. The minimum absolute atomic E-state index is 0. The topological polar surface area (TPSA) is 63.2 Å². The highest BCUT2D eigenvalue weighted by atomic mass is 127. The zero-order valence-electron chi connectivity index (χ0n) is 17.8. The summed E-state index contributed by atoms with van der Waals surface area (Å²) in [4.78, 5) is 18.0. The van der Waals surface area contributed by atoms with E-state index in [1.54, 1.807) is 0 Å². The number of piperidine rings is 1.